The number of amides is 2. The summed E-state index contributed by atoms with van der Waals surface area (Å²) in [5.41, 5.74) is 8.03. The minimum atomic E-state index is -0.464. The van der Waals surface area contributed by atoms with Crippen LogP contribution in [0.25, 0.3) is 11.1 Å². The smallest absolute Gasteiger partial charge is 0.252 e. The van der Waals surface area contributed by atoms with Crippen LogP contribution in [-0.2, 0) is 6.54 Å². The summed E-state index contributed by atoms with van der Waals surface area (Å²) in [6, 6.07) is 7.59. The van der Waals surface area contributed by atoms with E-state index >= 15 is 0 Å². The predicted molar refractivity (Wildman–Crippen MR) is 80.8 cm³/mol. The van der Waals surface area contributed by atoms with E-state index in [1.165, 1.54) is 19.2 Å². The Labute approximate surface area is 126 Å². The van der Waals surface area contributed by atoms with Crippen molar-refractivity contribution in [3.8, 4) is 11.1 Å². The molecule has 22 heavy (non-hydrogen) atoms. The first-order valence-corrected chi connectivity index (χ1v) is 6.74. The Bertz CT molecular complexity index is 802. The molecule has 0 aliphatic carbocycles. The van der Waals surface area contributed by atoms with Crippen molar-refractivity contribution in [2.75, 3.05) is 12.8 Å². The lowest BCUT2D eigenvalue weighted by atomic mass is 9.92. The zero-order valence-corrected chi connectivity index (χ0v) is 11.9. The molecule has 0 bridgehead atoms. The van der Waals surface area contributed by atoms with Crippen molar-refractivity contribution in [1.29, 1.82) is 0 Å². The first-order valence-electron chi connectivity index (χ1n) is 6.74. The van der Waals surface area contributed by atoms with Crippen molar-refractivity contribution in [3.63, 3.8) is 0 Å². The molecule has 1 aliphatic heterocycles. The number of hydrogen-bond donors (Lipinski definition) is 3. The predicted octanol–water partition coefficient (Wildman–Crippen LogP) is 1.68. The molecule has 1 aliphatic rings. The second-order valence-electron chi connectivity index (χ2n) is 5.02. The first-order chi connectivity index (χ1) is 10.5. The van der Waals surface area contributed by atoms with E-state index in [-0.39, 0.29) is 23.9 Å². The van der Waals surface area contributed by atoms with Gasteiger partial charge in [-0.3, -0.25) is 9.59 Å². The van der Waals surface area contributed by atoms with Crippen molar-refractivity contribution in [2.45, 2.75) is 6.54 Å². The molecule has 2 amide bonds. The van der Waals surface area contributed by atoms with Gasteiger partial charge in [0.25, 0.3) is 11.8 Å². The zero-order valence-electron chi connectivity index (χ0n) is 11.9. The van der Waals surface area contributed by atoms with E-state index < -0.39 is 5.82 Å². The molecular weight excluding hydrogens is 285 g/mol. The minimum Gasteiger partial charge on any atom is -0.399 e. The molecule has 4 N–H and O–H groups in total. The second kappa shape index (κ2) is 5.14. The number of halogens is 1. The summed E-state index contributed by atoms with van der Waals surface area (Å²) in [5.74, 6) is -1.14. The largest absolute Gasteiger partial charge is 0.399 e. The Kier molecular flexibility index (Phi) is 3.29. The number of hydrogen-bond acceptors (Lipinski definition) is 3. The molecule has 6 heteroatoms. The highest BCUT2D eigenvalue weighted by atomic mass is 19.1. The quantitative estimate of drug-likeness (QED) is 0.738. The van der Waals surface area contributed by atoms with Gasteiger partial charge in [0.1, 0.15) is 5.82 Å². The van der Waals surface area contributed by atoms with E-state index in [0.717, 1.165) is 0 Å². The maximum Gasteiger partial charge on any atom is 0.252 e. The van der Waals surface area contributed by atoms with Crippen LogP contribution in [0.2, 0.25) is 0 Å². The Balaban J connectivity index is 2.23. The fourth-order valence-corrected chi connectivity index (χ4v) is 2.67. The molecule has 0 radical (unpaired) electrons. The van der Waals surface area contributed by atoms with Crippen LogP contribution in [-0.4, -0.2) is 18.9 Å². The van der Waals surface area contributed by atoms with Gasteiger partial charge in [-0.2, -0.15) is 0 Å². The summed E-state index contributed by atoms with van der Waals surface area (Å²) in [5, 5.41) is 5.18. The van der Waals surface area contributed by atoms with E-state index in [0.29, 0.717) is 27.9 Å². The highest BCUT2D eigenvalue weighted by Gasteiger charge is 2.28. The van der Waals surface area contributed by atoms with Crippen LogP contribution < -0.4 is 16.4 Å². The molecule has 0 saturated heterocycles. The Hall–Kier alpha value is -2.89. The number of fused-ring (bicyclic) bond motifs is 1. The molecule has 0 atom stereocenters. The summed E-state index contributed by atoms with van der Waals surface area (Å²) in [6.07, 6.45) is 0. The summed E-state index contributed by atoms with van der Waals surface area (Å²) in [4.78, 5) is 23.9. The lowest BCUT2D eigenvalue weighted by Crippen LogP contribution is -2.22. The summed E-state index contributed by atoms with van der Waals surface area (Å²) in [7, 11) is 1.50. The van der Waals surface area contributed by atoms with Gasteiger partial charge in [0.05, 0.1) is 11.1 Å². The van der Waals surface area contributed by atoms with Crippen LogP contribution in [0.4, 0.5) is 10.1 Å². The fourth-order valence-electron chi connectivity index (χ4n) is 2.67. The van der Waals surface area contributed by atoms with Gasteiger partial charge in [0, 0.05) is 24.8 Å². The SMILES string of the molecule is CNC(=O)c1ccc(-c2ccc(N)cc2F)c2c1C(=O)NC2. The lowest BCUT2D eigenvalue weighted by Gasteiger charge is -2.12. The van der Waals surface area contributed by atoms with Gasteiger partial charge in [0.2, 0.25) is 0 Å². The van der Waals surface area contributed by atoms with Gasteiger partial charge in [-0.15, -0.1) is 0 Å². The number of benzene rings is 2. The monoisotopic (exact) mass is 299 g/mol. The summed E-state index contributed by atoms with van der Waals surface area (Å²) in [6.45, 7) is 0.262. The minimum absolute atomic E-state index is 0.262. The zero-order chi connectivity index (χ0) is 15.9. The number of rotatable bonds is 2. The summed E-state index contributed by atoms with van der Waals surface area (Å²) < 4.78 is 14.2. The van der Waals surface area contributed by atoms with Gasteiger partial charge in [0.15, 0.2) is 0 Å². The number of anilines is 1. The van der Waals surface area contributed by atoms with Gasteiger partial charge in [-0.25, -0.2) is 4.39 Å². The molecule has 112 valence electrons. The third-order valence-corrected chi connectivity index (χ3v) is 3.72. The van der Waals surface area contributed by atoms with Crippen LogP contribution in [0.3, 0.4) is 0 Å². The first kappa shape index (κ1) is 14.1. The number of nitrogens with two attached hydrogens (primary N) is 1. The van der Waals surface area contributed by atoms with Crippen LogP contribution >= 0.6 is 0 Å². The maximum atomic E-state index is 14.2. The third kappa shape index (κ3) is 2.09. The van der Waals surface area contributed by atoms with E-state index in [4.69, 9.17) is 5.73 Å². The third-order valence-electron chi connectivity index (χ3n) is 3.72. The molecule has 0 spiro atoms. The molecule has 5 nitrogen and oxygen atoms in total. The average molecular weight is 299 g/mol. The molecular formula is C16H14FN3O2. The Morgan fingerprint density at radius 1 is 1.27 bits per heavy atom. The molecule has 0 unspecified atom stereocenters. The number of nitrogen functional groups attached to an aromatic ring is 1. The van der Waals surface area contributed by atoms with Crippen molar-refractivity contribution in [2.24, 2.45) is 0 Å². The second-order valence-corrected chi connectivity index (χ2v) is 5.02. The van der Waals surface area contributed by atoms with E-state index in [2.05, 4.69) is 10.6 Å². The topological polar surface area (TPSA) is 84.2 Å². The lowest BCUT2D eigenvalue weighted by molar-refractivity contribution is 0.0932. The van der Waals surface area contributed by atoms with Crippen molar-refractivity contribution < 1.29 is 14.0 Å². The number of carbonyl (C=O) groups is 2. The standard InChI is InChI=1S/C16H14FN3O2/c1-19-15(21)11-5-4-9(12-7-20-16(22)14(11)12)10-3-2-8(18)6-13(10)17/h2-6H,7,18H2,1H3,(H,19,21)(H,20,22). The molecule has 0 fully saturated rings. The van der Waals surface area contributed by atoms with Crippen LogP contribution in [0.15, 0.2) is 30.3 Å². The number of nitrogens with one attached hydrogen (secondary N) is 2. The van der Waals surface area contributed by atoms with Crippen LogP contribution in [0, 0.1) is 5.82 Å². The Morgan fingerprint density at radius 2 is 2.00 bits per heavy atom. The fraction of sp³-hybridized carbons (Fsp3) is 0.125. The van der Waals surface area contributed by atoms with E-state index in [1.807, 2.05) is 0 Å². The van der Waals surface area contributed by atoms with Gasteiger partial charge in [-0.05, 0) is 35.4 Å². The summed E-state index contributed by atoms with van der Waals surface area (Å²) >= 11 is 0. The normalized spacial score (nSPS) is 12.7. The highest BCUT2D eigenvalue weighted by molar-refractivity contribution is 6.11. The molecule has 0 aromatic heterocycles. The van der Waals surface area contributed by atoms with E-state index in [1.54, 1.807) is 18.2 Å². The van der Waals surface area contributed by atoms with Gasteiger partial charge in [-0.1, -0.05) is 6.07 Å². The molecule has 2 aromatic carbocycles. The van der Waals surface area contributed by atoms with Crippen molar-refractivity contribution in [1.82, 2.24) is 10.6 Å². The van der Waals surface area contributed by atoms with Crippen LogP contribution in [0.1, 0.15) is 26.3 Å². The van der Waals surface area contributed by atoms with Crippen molar-refractivity contribution in [3.05, 3.63) is 52.8 Å². The average Bonchev–Trinajstić information content (AvgIpc) is 2.89. The Morgan fingerprint density at radius 3 is 2.68 bits per heavy atom. The molecule has 3 rings (SSSR count). The maximum absolute atomic E-state index is 14.2. The highest BCUT2D eigenvalue weighted by Crippen LogP contribution is 2.33. The van der Waals surface area contributed by atoms with Crippen LogP contribution in [0.5, 0.6) is 0 Å². The number of carbonyl (C=O) groups excluding carboxylic acids is 2. The van der Waals surface area contributed by atoms with Gasteiger partial charge >= 0.3 is 0 Å². The molecule has 2 aromatic rings. The van der Waals surface area contributed by atoms with Crippen molar-refractivity contribution >= 4 is 17.5 Å². The van der Waals surface area contributed by atoms with E-state index in [9.17, 15) is 14.0 Å². The molecule has 0 saturated carbocycles. The molecule has 1 heterocycles. The van der Waals surface area contributed by atoms with Gasteiger partial charge < -0.3 is 16.4 Å².